The van der Waals surface area contributed by atoms with Crippen molar-refractivity contribution in [2.24, 2.45) is 5.73 Å². The molecule has 0 aliphatic carbocycles. The van der Waals surface area contributed by atoms with Crippen molar-refractivity contribution in [3.05, 3.63) is 29.3 Å². The summed E-state index contributed by atoms with van der Waals surface area (Å²) in [5.41, 5.74) is 7.38. The molecule has 0 bridgehead atoms. The maximum atomic E-state index is 5.53. The summed E-state index contributed by atoms with van der Waals surface area (Å²) in [7, 11) is 0. The highest BCUT2D eigenvalue weighted by molar-refractivity contribution is 7.80. The number of benzene rings is 1. The third kappa shape index (κ3) is 3.49. The van der Waals surface area contributed by atoms with E-state index in [1.54, 1.807) is 0 Å². The Morgan fingerprint density at radius 2 is 2.20 bits per heavy atom. The van der Waals surface area contributed by atoms with Crippen LogP contribution in [0.15, 0.2) is 18.2 Å². The third-order valence-electron chi connectivity index (χ3n) is 1.97. The molecule has 1 aromatic carbocycles. The number of ether oxygens (including phenoxy) is 2. The van der Waals surface area contributed by atoms with Crippen molar-refractivity contribution >= 4 is 17.2 Å². The molecule has 0 heterocycles. The zero-order chi connectivity index (χ0) is 11.3. The lowest BCUT2D eigenvalue weighted by Crippen LogP contribution is -2.10. The molecule has 0 aromatic heterocycles. The van der Waals surface area contributed by atoms with Crippen molar-refractivity contribution in [2.75, 3.05) is 13.4 Å². The fraction of sp³-hybridized carbons (Fsp3) is 0.364. The molecule has 2 N–H and O–H groups in total. The van der Waals surface area contributed by atoms with Crippen molar-refractivity contribution in [3.8, 4) is 5.75 Å². The second-order valence-corrected chi connectivity index (χ2v) is 3.54. The summed E-state index contributed by atoms with van der Waals surface area (Å²) in [6.45, 7) is 4.76. The fourth-order valence-corrected chi connectivity index (χ4v) is 1.22. The van der Waals surface area contributed by atoms with Crippen LogP contribution in [0.25, 0.3) is 0 Å². The first-order valence-corrected chi connectivity index (χ1v) is 5.17. The van der Waals surface area contributed by atoms with Crippen molar-refractivity contribution in [1.82, 2.24) is 0 Å². The third-order valence-corrected chi connectivity index (χ3v) is 2.21. The Balaban J connectivity index is 2.76. The molecule has 0 spiro atoms. The summed E-state index contributed by atoms with van der Waals surface area (Å²) in [5.74, 6) is 0.758. The Labute approximate surface area is 95.2 Å². The summed E-state index contributed by atoms with van der Waals surface area (Å²) in [6, 6.07) is 5.64. The van der Waals surface area contributed by atoms with E-state index in [-0.39, 0.29) is 6.79 Å². The van der Waals surface area contributed by atoms with Gasteiger partial charge < -0.3 is 15.2 Å². The van der Waals surface area contributed by atoms with Gasteiger partial charge in [0, 0.05) is 12.2 Å². The van der Waals surface area contributed by atoms with E-state index in [9.17, 15) is 0 Å². The number of nitrogens with two attached hydrogens (primary N) is 1. The Kier molecular flexibility index (Phi) is 4.52. The van der Waals surface area contributed by atoms with E-state index in [4.69, 9.17) is 27.4 Å². The van der Waals surface area contributed by atoms with E-state index in [2.05, 4.69) is 0 Å². The van der Waals surface area contributed by atoms with Gasteiger partial charge in [-0.1, -0.05) is 24.4 Å². The van der Waals surface area contributed by atoms with Gasteiger partial charge in [-0.25, -0.2) is 0 Å². The lowest BCUT2D eigenvalue weighted by Gasteiger charge is -2.10. The van der Waals surface area contributed by atoms with Gasteiger partial charge in [0.05, 0.1) is 0 Å². The molecule has 0 atom stereocenters. The molecule has 0 radical (unpaired) electrons. The first-order chi connectivity index (χ1) is 7.15. The minimum atomic E-state index is 0.248. The largest absolute Gasteiger partial charge is 0.467 e. The molecule has 4 heteroatoms. The lowest BCUT2D eigenvalue weighted by molar-refractivity contribution is 0.0220. The highest BCUT2D eigenvalue weighted by Gasteiger charge is 2.03. The fourth-order valence-electron chi connectivity index (χ4n) is 1.10. The SMILES string of the molecule is CCOCOc1cc(C(N)=S)ccc1C. The number of hydrogen-bond acceptors (Lipinski definition) is 3. The van der Waals surface area contributed by atoms with E-state index in [0.29, 0.717) is 11.6 Å². The van der Waals surface area contributed by atoms with Crippen molar-refractivity contribution in [3.63, 3.8) is 0 Å². The van der Waals surface area contributed by atoms with Gasteiger partial charge >= 0.3 is 0 Å². The van der Waals surface area contributed by atoms with Crippen LogP contribution in [0.5, 0.6) is 5.75 Å². The molecule has 3 nitrogen and oxygen atoms in total. The smallest absolute Gasteiger partial charge is 0.189 e. The van der Waals surface area contributed by atoms with Crippen molar-refractivity contribution in [2.45, 2.75) is 13.8 Å². The van der Waals surface area contributed by atoms with Gasteiger partial charge in [0.25, 0.3) is 0 Å². The second kappa shape index (κ2) is 5.68. The summed E-state index contributed by atoms with van der Waals surface area (Å²) < 4.78 is 10.5. The highest BCUT2D eigenvalue weighted by Crippen LogP contribution is 2.19. The predicted molar refractivity (Wildman–Crippen MR) is 64.2 cm³/mol. The quantitative estimate of drug-likeness (QED) is 0.473. The normalized spacial score (nSPS) is 10.0. The summed E-state index contributed by atoms with van der Waals surface area (Å²) in [4.78, 5) is 0.372. The number of aryl methyl sites for hydroxylation is 1. The molecule has 82 valence electrons. The van der Waals surface area contributed by atoms with Crippen LogP contribution < -0.4 is 10.5 Å². The topological polar surface area (TPSA) is 44.5 Å². The van der Waals surface area contributed by atoms with Crippen molar-refractivity contribution < 1.29 is 9.47 Å². The van der Waals surface area contributed by atoms with Crippen LogP contribution in [-0.4, -0.2) is 18.4 Å². The zero-order valence-corrected chi connectivity index (χ0v) is 9.76. The molecule has 15 heavy (non-hydrogen) atoms. The van der Waals surface area contributed by atoms with Gasteiger partial charge in [-0.2, -0.15) is 0 Å². The first-order valence-electron chi connectivity index (χ1n) is 4.76. The molecular formula is C11H15NO2S. The standard InChI is InChI=1S/C11H15NO2S/c1-3-13-7-14-10-6-9(11(12)15)5-4-8(10)2/h4-6H,3,7H2,1-2H3,(H2,12,15). The molecule has 0 saturated heterocycles. The van der Waals surface area contributed by atoms with Gasteiger partial charge in [0.2, 0.25) is 0 Å². The lowest BCUT2D eigenvalue weighted by atomic mass is 10.1. The Hall–Kier alpha value is -1.13. The van der Waals surface area contributed by atoms with E-state index in [0.717, 1.165) is 16.9 Å². The molecule has 0 fully saturated rings. The Morgan fingerprint density at radius 3 is 2.80 bits per heavy atom. The van der Waals surface area contributed by atoms with Crippen LogP contribution >= 0.6 is 12.2 Å². The zero-order valence-electron chi connectivity index (χ0n) is 8.95. The number of hydrogen-bond donors (Lipinski definition) is 1. The molecule has 1 aromatic rings. The van der Waals surface area contributed by atoms with E-state index >= 15 is 0 Å². The number of rotatable bonds is 5. The predicted octanol–water partition coefficient (Wildman–Crippen LogP) is 2.00. The average Bonchev–Trinajstić information content (AvgIpc) is 2.20. The van der Waals surface area contributed by atoms with Crippen LogP contribution in [0.1, 0.15) is 18.1 Å². The Bertz CT molecular complexity index is 352. The molecule has 0 amide bonds. The monoisotopic (exact) mass is 225 g/mol. The summed E-state index contributed by atoms with van der Waals surface area (Å²) >= 11 is 4.89. The van der Waals surface area contributed by atoms with Gasteiger partial charge in [0.1, 0.15) is 10.7 Å². The first kappa shape index (κ1) is 11.9. The van der Waals surface area contributed by atoms with Gasteiger partial charge in [0.15, 0.2) is 6.79 Å². The van der Waals surface area contributed by atoms with Crippen LogP contribution in [0.4, 0.5) is 0 Å². The van der Waals surface area contributed by atoms with Gasteiger partial charge in [-0.15, -0.1) is 0 Å². The second-order valence-electron chi connectivity index (χ2n) is 3.10. The molecule has 0 aliphatic heterocycles. The van der Waals surface area contributed by atoms with E-state index in [1.807, 2.05) is 32.0 Å². The maximum Gasteiger partial charge on any atom is 0.189 e. The van der Waals surface area contributed by atoms with Gasteiger partial charge in [-0.3, -0.25) is 0 Å². The van der Waals surface area contributed by atoms with Crippen LogP contribution in [-0.2, 0) is 4.74 Å². The number of thiocarbonyl (C=S) groups is 1. The van der Waals surface area contributed by atoms with Crippen LogP contribution in [0, 0.1) is 6.92 Å². The molecule has 0 aliphatic rings. The molecule has 1 rings (SSSR count). The van der Waals surface area contributed by atoms with Gasteiger partial charge in [-0.05, 0) is 25.5 Å². The summed E-state index contributed by atoms with van der Waals surface area (Å²) in [5, 5.41) is 0. The molecule has 0 saturated carbocycles. The molecule has 0 unspecified atom stereocenters. The van der Waals surface area contributed by atoms with Crippen molar-refractivity contribution in [1.29, 1.82) is 0 Å². The summed E-state index contributed by atoms with van der Waals surface area (Å²) in [6.07, 6.45) is 0. The van der Waals surface area contributed by atoms with E-state index < -0.39 is 0 Å². The minimum Gasteiger partial charge on any atom is -0.467 e. The average molecular weight is 225 g/mol. The maximum absolute atomic E-state index is 5.53. The van der Waals surface area contributed by atoms with Crippen LogP contribution in [0.3, 0.4) is 0 Å². The molecular weight excluding hydrogens is 210 g/mol. The Morgan fingerprint density at radius 1 is 1.47 bits per heavy atom. The van der Waals surface area contributed by atoms with E-state index in [1.165, 1.54) is 0 Å². The highest BCUT2D eigenvalue weighted by atomic mass is 32.1. The minimum absolute atomic E-state index is 0.248. The van der Waals surface area contributed by atoms with Crippen LogP contribution in [0.2, 0.25) is 0 Å².